The van der Waals surface area contributed by atoms with Gasteiger partial charge in [0.05, 0.1) is 0 Å². The summed E-state index contributed by atoms with van der Waals surface area (Å²) in [6.45, 7) is 5.10. The topological polar surface area (TPSA) is 35.5 Å². The van der Waals surface area contributed by atoms with Gasteiger partial charge in [0.2, 0.25) is 0 Å². The largest absolute Gasteiger partial charge is 0.396 e. The number of rotatable bonds is 3. The van der Waals surface area contributed by atoms with Gasteiger partial charge in [-0.15, -0.1) is 0 Å². The second kappa shape index (κ2) is 5.71. The van der Waals surface area contributed by atoms with Crippen LogP contribution in [-0.4, -0.2) is 37.4 Å². The van der Waals surface area contributed by atoms with Crippen molar-refractivity contribution in [2.75, 3.05) is 31.1 Å². The molecule has 3 nitrogen and oxygen atoms in total. The lowest BCUT2D eigenvalue weighted by Gasteiger charge is -2.38. The number of hydrogen-bond acceptors (Lipinski definition) is 3. The highest BCUT2D eigenvalue weighted by molar-refractivity contribution is 6.31. The molecule has 0 bridgehead atoms. The molecule has 0 spiro atoms. The smallest absolute Gasteiger partial charge is 0.0455 e. The number of aliphatic hydroxyl groups excluding tert-OH is 1. The molecule has 1 heterocycles. The monoisotopic (exact) mass is 254 g/mol. The molecule has 0 aliphatic carbocycles. The third-order valence-corrected chi connectivity index (χ3v) is 3.71. The Bertz CT molecular complexity index is 382. The molecule has 1 aromatic rings. The third-order valence-electron chi connectivity index (χ3n) is 3.30. The second-order valence-corrected chi connectivity index (χ2v) is 4.90. The molecule has 0 aromatic heterocycles. The first kappa shape index (κ1) is 12.7. The number of anilines is 1. The molecule has 0 radical (unpaired) electrons. The van der Waals surface area contributed by atoms with Gasteiger partial charge in [0.15, 0.2) is 0 Å². The number of aliphatic hydroxyl groups is 1. The maximum absolute atomic E-state index is 9.10. The van der Waals surface area contributed by atoms with Gasteiger partial charge in [-0.05, 0) is 31.0 Å². The van der Waals surface area contributed by atoms with Crippen molar-refractivity contribution in [2.24, 2.45) is 0 Å². The third kappa shape index (κ3) is 2.92. The zero-order valence-electron chi connectivity index (χ0n) is 10.1. The quantitative estimate of drug-likeness (QED) is 0.864. The Hall–Kier alpha value is -0.770. The molecule has 1 unspecified atom stereocenters. The Balaban J connectivity index is 2.20. The molecule has 1 fully saturated rings. The standard InChI is InChI=1S/C13H19ClN2O/c1-10-2-3-11(8-13(10)14)16-6-5-15-9-12(16)4-7-17/h2-3,8,12,15,17H,4-7,9H2,1H3. The first-order valence-electron chi connectivity index (χ1n) is 6.06. The van der Waals surface area contributed by atoms with E-state index < -0.39 is 0 Å². The average molecular weight is 255 g/mol. The van der Waals surface area contributed by atoms with E-state index in [4.69, 9.17) is 16.7 Å². The van der Waals surface area contributed by atoms with Crippen LogP contribution in [0.15, 0.2) is 18.2 Å². The molecule has 17 heavy (non-hydrogen) atoms. The lowest BCUT2D eigenvalue weighted by molar-refractivity contribution is 0.266. The number of nitrogens with one attached hydrogen (secondary N) is 1. The van der Waals surface area contributed by atoms with E-state index in [-0.39, 0.29) is 6.61 Å². The Morgan fingerprint density at radius 2 is 2.35 bits per heavy atom. The van der Waals surface area contributed by atoms with E-state index in [0.29, 0.717) is 6.04 Å². The number of piperazine rings is 1. The van der Waals surface area contributed by atoms with Crippen molar-refractivity contribution >= 4 is 17.3 Å². The minimum absolute atomic E-state index is 0.225. The summed E-state index contributed by atoms with van der Waals surface area (Å²) in [5.74, 6) is 0. The van der Waals surface area contributed by atoms with Crippen LogP contribution in [0.4, 0.5) is 5.69 Å². The van der Waals surface area contributed by atoms with Gasteiger partial charge in [-0.1, -0.05) is 17.7 Å². The first-order valence-corrected chi connectivity index (χ1v) is 6.44. The predicted octanol–water partition coefficient (Wildman–Crippen LogP) is 1.81. The molecule has 1 atom stereocenters. The van der Waals surface area contributed by atoms with Crippen LogP contribution in [0.25, 0.3) is 0 Å². The molecule has 1 aliphatic rings. The highest BCUT2D eigenvalue weighted by Crippen LogP contribution is 2.25. The zero-order valence-corrected chi connectivity index (χ0v) is 10.9. The van der Waals surface area contributed by atoms with E-state index in [1.54, 1.807) is 0 Å². The van der Waals surface area contributed by atoms with E-state index in [1.165, 1.54) is 0 Å². The molecule has 0 amide bonds. The number of aryl methyl sites for hydroxylation is 1. The van der Waals surface area contributed by atoms with Crippen LogP contribution < -0.4 is 10.2 Å². The lowest BCUT2D eigenvalue weighted by Crippen LogP contribution is -2.51. The van der Waals surface area contributed by atoms with E-state index in [1.807, 2.05) is 13.0 Å². The molecule has 1 aromatic carbocycles. The van der Waals surface area contributed by atoms with Crippen LogP contribution in [0.2, 0.25) is 5.02 Å². The minimum Gasteiger partial charge on any atom is -0.396 e. The minimum atomic E-state index is 0.225. The molecule has 0 saturated carbocycles. The maximum Gasteiger partial charge on any atom is 0.0455 e. The fourth-order valence-corrected chi connectivity index (χ4v) is 2.44. The summed E-state index contributed by atoms with van der Waals surface area (Å²) in [6, 6.07) is 6.53. The highest BCUT2D eigenvalue weighted by Gasteiger charge is 2.22. The lowest BCUT2D eigenvalue weighted by atomic mass is 10.1. The van der Waals surface area contributed by atoms with Crippen LogP contribution in [0.3, 0.4) is 0 Å². The molecule has 94 valence electrons. The number of hydrogen-bond donors (Lipinski definition) is 2. The fraction of sp³-hybridized carbons (Fsp3) is 0.538. The van der Waals surface area contributed by atoms with Crippen molar-refractivity contribution in [1.82, 2.24) is 5.32 Å². The van der Waals surface area contributed by atoms with Crippen molar-refractivity contribution in [2.45, 2.75) is 19.4 Å². The maximum atomic E-state index is 9.10. The Kier molecular flexibility index (Phi) is 4.26. The first-order chi connectivity index (χ1) is 8.22. The molecule has 4 heteroatoms. The van der Waals surface area contributed by atoms with Gasteiger partial charge in [0.25, 0.3) is 0 Å². The van der Waals surface area contributed by atoms with Gasteiger partial charge in [0.1, 0.15) is 0 Å². The molecule has 2 N–H and O–H groups in total. The number of benzene rings is 1. The van der Waals surface area contributed by atoms with Crippen molar-refractivity contribution in [3.8, 4) is 0 Å². The van der Waals surface area contributed by atoms with Gasteiger partial charge in [0, 0.05) is 43.0 Å². The predicted molar refractivity (Wildman–Crippen MR) is 71.9 cm³/mol. The van der Waals surface area contributed by atoms with Crippen LogP contribution in [0.1, 0.15) is 12.0 Å². The van der Waals surface area contributed by atoms with Gasteiger partial charge in [-0.25, -0.2) is 0 Å². The Labute approximate surface area is 107 Å². The SMILES string of the molecule is Cc1ccc(N2CCNCC2CCO)cc1Cl. The number of nitrogens with zero attached hydrogens (tertiary/aromatic N) is 1. The van der Waals surface area contributed by atoms with Crippen molar-refractivity contribution in [3.05, 3.63) is 28.8 Å². The van der Waals surface area contributed by atoms with Crippen molar-refractivity contribution in [3.63, 3.8) is 0 Å². The fourth-order valence-electron chi connectivity index (χ4n) is 2.27. The van der Waals surface area contributed by atoms with Crippen LogP contribution in [0.5, 0.6) is 0 Å². The summed E-state index contributed by atoms with van der Waals surface area (Å²) in [5, 5.41) is 13.3. The van der Waals surface area contributed by atoms with E-state index >= 15 is 0 Å². The number of halogens is 1. The summed E-state index contributed by atoms with van der Waals surface area (Å²) in [5.41, 5.74) is 2.25. The van der Waals surface area contributed by atoms with Crippen molar-refractivity contribution < 1.29 is 5.11 Å². The van der Waals surface area contributed by atoms with Crippen LogP contribution in [0, 0.1) is 6.92 Å². The van der Waals surface area contributed by atoms with Crippen LogP contribution >= 0.6 is 11.6 Å². The summed E-state index contributed by atoms with van der Waals surface area (Å²) < 4.78 is 0. The van der Waals surface area contributed by atoms with E-state index in [9.17, 15) is 0 Å². The van der Waals surface area contributed by atoms with Gasteiger partial charge in [-0.3, -0.25) is 0 Å². The van der Waals surface area contributed by atoms with Gasteiger partial charge >= 0.3 is 0 Å². The zero-order chi connectivity index (χ0) is 12.3. The molecular formula is C13H19ClN2O. The van der Waals surface area contributed by atoms with E-state index in [0.717, 1.165) is 42.3 Å². The molecular weight excluding hydrogens is 236 g/mol. The van der Waals surface area contributed by atoms with Crippen LogP contribution in [-0.2, 0) is 0 Å². The van der Waals surface area contributed by atoms with Gasteiger partial charge < -0.3 is 15.3 Å². The van der Waals surface area contributed by atoms with Gasteiger partial charge in [-0.2, -0.15) is 0 Å². The summed E-state index contributed by atoms with van der Waals surface area (Å²) in [6.07, 6.45) is 0.790. The highest BCUT2D eigenvalue weighted by atomic mass is 35.5. The normalized spacial score (nSPS) is 20.6. The molecule has 1 aliphatic heterocycles. The molecule has 2 rings (SSSR count). The van der Waals surface area contributed by atoms with E-state index in [2.05, 4.69) is 22.3 Å². The van der Waals surface area contributed by atoms with Crippen molar-refractivity contribution in [1.29, 1.82) is 0 Å². The average Bonchev–Trinajstić information content (AvgIpc) is 2.34. The summed E-state index contributed by atoms with van der Waals surface area (Å²) in [4.78, 5) is 2.33. The summed E-state index contributed by atoms with van der Waals surface area (Å²) >= 11 is 6.17. The second-order valence-electron chi connectivity index (χ2n) is 4.50. The summed E-state index contributed by atoms with van der Waals surface area (Å²) in [7, 11) is 0. The Morgan fingerprint density at radius 1 is 1.53 bits per heavy atom. The Morgan fingerprint density at radius 3 is 3.06 bits per heavy atom. The molecule has 1 saturated heterocycles.